The number of hydrogen-bond acceptors (Lipinski definition) is 3. The lowest BCUT2D eigenvalue weighted by molar-refractivity contribution is -0.143. The van der Waals surface area contributed by atoms with Crippen LogP contribution in [0.15, 0.2) is 12.7 Å². The molecule has 0 saturated carbocycles. The number of nitrogens with zero attached hydrogens (tertiary/aromatic N) is 1. The van der Waals surface area contributed by atoms with Gasteiger partial charge in [0.15, 0.2) is 0 Å². The summed E-state index contributed by atoms with van der Waals surface area (Å²) in [5, 5.41) is 0. The van der Waals surface area contributed by atoms with Gasteiger partial charge in [-0.2, -0.15) is 0 Å². The van der Waals surface area contributed by atoms with E-state index in [9.17, 15) is 4.79 Å². The molecule has 0 spiro atoms. The molecule has 1 aliphatic heterocycles. The fraction of sp³-hybridized carbons (Fsp3) is 0.750. The summed E-state index contributed by atoms with van der Waals surface area (Å²) in [6.45, 7) is 7.43. The maximum Gasteiger partial charge on any atom is 0.251 e. The minimum atomic E-state index is -0.370. The van der Waals surface area contributed by atoms with Crippen LogP contribution in [0, 0.1) is 0 Å². The van der Waals surface area contributed by atoms with Gasteiger partial charge in [0.25, 0.3) is 5.91 Å². The number of likely N-dealkylation sites (tertiary alicyclic amines) is 1. The molecule has 5 heteroatoms. The predicted molar refractivity (Wildman–Crippen MR) is 71.3 cm³/mol. The topological polar surface area (TPSA) is 55.6 Å². The smallest absolute Gasteiger partial charge is 0.251 e. The highest BCUT2D eigenvalue weighted by atomic mass is 35.5. The Bertz CT molecular complexity index is 249. The highest BCUT2D eigenvalue weighted by molar-refractivity contribution is 5.85. The minimum absolute atomic E-state index is 0. The Morgan fingerprint density at radius 1 is 1.71 bits per heavy atom. The van der Waals surface area contributed by atoms with Crippen molar-refractivity contribution in [2.24, 2.45) is 5.73 Å². The van der Waals surface area contributed by atoms with Crippen LogP contribution in [0.25, 0.3) is 0 Å². The monoisotopic (exact) mass is 262 g/mol. The fourth-order valence-corrected chi connectivity index (χ4v) is 1.87. The average molecular weight is 263 g/mol. The maximum absolute atomic E-state index is 12.0. The Labute approximate surface area is 110 Å². The molecule has 17 heavy (non-hydrogen) atoms. The molecule has 1 fully saturated rings. The lowest BCUT2D eigenvalue weighted by Gasteiger charge is -2.32. The molecule has 4 nitrogen and oxygen atoms in total. The van der Waals surface area contributed by atoms with Crippen LogP contribution in [0.5, 0.6) is 0 Å². The molecule has 0 aromatic heterocycles. The summed E-state index contributed by atoms with van der Waals surface area (Å²) in [6.07, 6.45) is 4.19. The van der Waals surface area contributed by atoms with Gasteiger partial charge >= 0.3 is 0 Å². The molecule has 0 aromatic carbocycles. The normalized spacial score (nSPS) is 21.5. The van der Waals surface area contributed by atoms with E-state index >= 15 is 0 Å². The summed E-state index contributed by atoms with van der Waals surface area (Å²) in [6, 6.07) is 0.123. The Morgan fingerprint density at radius 3 is 3.00 bits per heavy atom. The van der Waals surface area contributed by atoms with Crippen molar-refractivity contribution in [3.63, 3.8) is 0 Å². The number of rotatable bonds is 5. The number of nitrogens with two attached hydrogens (primary N) is 1. The molecule has 1 saturated heterocycles. The second-order valence-electron chi connectivity index (χ2n) is 4.28. The zero-order valence-electron chi connectivity index (χ0n) is 10.4. The Morgan fingerprint density at radius 2 is 2.41 bits per heavy atom. The summed E-state index contributed by atoms with van der Waals surface area (Å²) < 4.78 is 5.43. The van der Waals surface area contributed by atoms with Crippen LogP contribution in [0.1, 0.15) is 26.2 Å². The van der Waals surface area contributed by atoms with E-state index in [0.29, 0.717) is 13.2 Å². The molecule has 2 atom stereocenters. The van der Waals surface area contributed by atoms with Crippen molar-refractivity contribution in [1.82, 2.24) is 4.90 Å². The van der Waals surface area contributed by atoms with Crippen molar-refractivity contribution >= 4 is 18.3 Å². The largest absolute Gasteiger partial charge is 0.368 e. The summed E-state index contributed by atoms with van der Waals surface area (Å²) in [5.74, 6) is 0.0548. The fourth-order valence-electron chi connectivity index (χ4n) is 1.87. The number of carbonyl (C=O) groups excluding carboxylic acids is 1. The van der Waals surface area contributed by atoms with Crippen LogP contribution in [0.2, 0.25) is 0 Å². The van der Waals surface area contributed by atoms with E-state index in [0.717, 1.165) is 25.8 Å². The molecule has 0 radical (unpaired) electrons. The van der Waals surface area contributed by atoms with E-state index in [1.54, 1.807) is 13.0 Å². The molecular formula is C12H23ClN2O2. The van der Waals surface area contributed by atoms with Crippen molar-refractivity contribution < 1.29 is 9.53 Å². The molecule has 0 aliphatic carbocycles. The standard InChI is InChI=1S/C12H22N2O2.ClH/c1-3-4-8-16-10(2)12(15)14-7-5-6-11(13)9-14;/h3,10-11H,1,4-9,13H2,2H3;1H. The highest BCUT2D eigenvalue weighted by Gasteiger charge is 2.25. The zero-order valence-corrected chi connectivity index (χ0v) is 11.2. The molecule has 1 aliphatic rings. The summed E-state index contributed by atoms with van der Waals surface area (Å²) >= 11 is 0. The van der Waals surface area contributed by atoms with E-state index in [1.165, 1.54) is 0 Å². The van der Waals surface area contributed by atoms with E-state index in [4.69, 9.17) is 10.5 Å². The second-order valence-corrected chi connectivity index (χ2v) is 4.28. The molecule has 1 amide bonds. The van der Waals surface area contributed by atoms with E-state index in [-0.39, 0.29) is 30.5 Å². The third kappa shape index (κ3) is 5.52. The van der Waals surface area contributed by atoms with Gasteiger partial charge in [-0.25, -0.2) is 0 Å². The molecule has 2 N–H and O–H groups in total. The van der Waals surface area contributed by atoms with Crippen LogP contribution in [-0.4, -0.2) is 42.6 Å². The van der Waals surface area contributed by atoms with Gasteiger partial charge < -0.3 is 15.4 Å². The molecule has 1 rings (SSSR count). The number of piperidine rings is 1. The predicted octanol–water partition coefficient (Wildman–Crippen LogP) is 1.34. The lowest BCUT2D eigenvalue weighted by atomic mass is 10.1. The summed E-state index contributed by atoms with van der Waals surface area (Å²) in [7, 11) is 0. The first-order valence-corrected chi connectivity index (χ1v) is 5.92. The van der Waals surface area contributed by atoms with Crippen LogP contribution in [-0.2, 0) is 9.53 Å². The molecule has 1 heterocycles. The Balaban J connectivity index is 0.00000256. The summed E-state index contributed by atoms with van der Waals surface area (Å²) in [5.41, 5.74) is 5.84. The molecule has 100 valence electrons. The van der Waals surface area contributed by atoms with Crippen LogP contribution < -0.4 is 5.73 Å². The Hall–Kier alpha value is -0.580. The van der Waals surface area contributed by atoms with Gasteiger partial charge in [0.05, 0.1) is 6.61 Å². The molecule has 0 aromatic rings. The average Bonchev–Trinajstić information content (AvgIpc) is 2.28. The van der Waals surface area contributed by atoms with Gasteiger partial charge in [-0.15, -0.1) is 19.0 Å². The van der Waals surface area contributed by atoms with E-state index in [2.05, 4.69) is 6.58 Å². The van der Waals surface area contributed by atoms with Gasteiger partial charge in [0, 0.05) is 19.1 Å². The van der Waals surface area contributed by atoms with E-state index < -0.39 is 0 Å². The van der Waals surface area contributed by atoms with Gasteiger partial charge in [-0.05, 0) is 26.2 Å². The molecule has 2 unspecified atom stereocenters. The van der Waals surface area contributed by atoms with Gasteiger partial charge in [-0.1, -0.05) is 6.08 Å². The number of carbonyl (C=O) groups is 1. The van der Waals surface area contributed by atoms with Gasteiger partial charge in [0.2, 0.25) is 0 Å². The molecular weight excluding hydrogens is 240 g/mol. The third-order valence-corrected chi connectivity index (χ3v) is 2.81. The van der Waals surface area contributed by atoms with Gasteiger partial charge in [0.1, 0.15) is 6.10 Å². The zero-order chi connectivity index (χ0) is 12.0. The number of amides is 1. The highest BCUT2D eigenvalue weighted by Crippen LogP contribution is 2.10. The summed E-state index contributed by atoms with van der Waals surface area (Å²) in [4.78, 5) is 13.8. The first kappa shape index (κ1) is 16.4. The molecule has 0 bridgehead atoms. The van der Waals surface area contributed by atoms with Crippen molar-refractivity contribution in [2.75, 3.05) is 19.7 Å². The van der Waals surface area contributed by atoms with Crippen molar-refractivity contribution in [3.05, 3.63) is 12.7 Å². The second kappa shape index (κ2) is 8.50. The first-order valence-electron chi connectivity index (χ1n) is 5.92. The van der Waals surface area contributed by atoms with Gasteiger partial charge in [-0.3, -0.25) is 4.79 Å². The van der Waals surface area contributed by atoms with E-state index in [1.807, 2.05) is 4.90 Å². The van der Waals surface area contributed by atoms with Crippen LogP contribution in [0.3, 0.4) is 0 Å². The number of halogens is 1. The Kier molecular flexibility index (Phi) is 8.21. The maximum atomic E-state index is 12.0. The van der Waals surface area contributed by atoms with Crippen LogP contribution >= 0.6 is 12.4 Å². The van der Waals surface area contributed by atoms with Crippen molar-refractivity contribution in [1.29, 1.82) is 0 Å². The van der Waals surface area contributed by atoms with Crippen molar-refractivity contribution in [3.8, 4) is 0 Å². The number of ether oxygens (including phenoxy) is 1. The number of hydrogen-bond donors (Lipinski definition) is 1. The van der Waals surface area contributed by atoms with Crippen molar-refractivity contribution in [2.45, 2.75) is 38.3 Å². The third-order valence-electron chi connectivity index (χ3n) is 2.81. The lowest BCUT2D eigenvalue weighted by Crippen LogP contribution is -2.49. The van der Waals surface area contributed by atoms with Crippen LogP contribution in [0.4, 0.5) is 0 Å². The quantitative estimate of drug-likeness (QED) is 0.601. The minimum Gasteiger partial charge on any atom is -0.368 e. The SMILES string of the molecule is C=CCCOC(C)C(=O)N1CCCC(N)C1.Cl. The first-order chi connectivity index (χ1) is 7.65.